The third-order valence-electron chi connectivity index (χ3n) is 3.76. The molecule has 3 rings (SSSR count). The fourth-order valence-electron chi connectivity index (χ4n) is 2.56. The molecule has 0 aliphatic rings. The molecule has 27 heavy (non-hydrogen) atoms. The Morgan fingerprint density at radius 3 is 2.37 bits per heavy atom. The molecule has 6 heteroatoms. The van der Waals surface area contributed by atoms with Crippen molar-refractivity contribution in [1.82, 2.24) is 4.57 Å². The Hall–Kier alpha value is -3.61. The van der Waals surface area contributed by atoms with E-state index < -0.39 is 0 Å². The Morgan fingerprint density at radius 2 is 1.78 bits per heavy atom. The van der Waals surface area contributed by atoms with Crippen LogP contribution in [0.5, 0.6) is 5.75 Å². The monoisotopic (exact) mass is 373 g/mol. The van der Waals surface area contributed by atoms with Gasteiger partial charge in [-0.3, -0.25) is 9.36 Å². The van der Waals surface area contributed by atoms with Gasteiger partial charge in [0.2, 0.25) is 0 Å². The Kier molecular flexibility index (Phi) is 5.51. The van der Waals surface area contributed by atoms with E-state index in [1.165, 1.54) is 4.57 Å². The highest BCUT2D eigenvalue weighted by atomic mass is 32.1. The summed E-state index contributed by atoms with van der Waals surface area (Å²) < 4.78 is 7.60. The lowest BCUT2D eigenvalue weighted by molar-refractivity contribution is 0.340. The van der Waals surface area contributed by atoms with Crippen molar-refractivity contribution in [2.45, 2.75) is 6.92 Å². The van der Waals surface area contributed by atoms with Crippen LogP contribution in [0.4, 0.5) is 0 Å². The lowest BCUT2D eigenvalue weighted by Crippen LogP contribution is -2.30. The fraction of sp³-hybridized carbons (Fsp3) is 0.0952. The van der Waals surface area contributed by atoms with Crippen LogP contribution < -0.4 is 19.5 Å². The minimum absolute atomic E-state index is 0.0984. The summed E-state index contributed by atoms with van der Waals surface area (Å²) in [7, 11) is 0. The molecule has 0 fully saturated rings. The van der Waals surface area contributed by atoms with Gasteiger partial charge in [0.1, 0.15) is 22.6 Å². The maximum absolute atomic E-state index is 13.0. The van der Waals surface area contributed by atoms with Gasteiger partial charge < -0.3 is 4.74 Å². The maximum atomic E-state index is 13.0. The number of rotatable bonds is 4. The van der Waals surface area contributed by atoms with Crippen molar-refractivity contribution >= 4 is 23.0 Å². The number of aromatic nitrogens is 1. The van der Waals surface area contributed by atoms with Crippen molar-refractivity contribution in [3.05, 3.63) is 79.7 Å². The fourth-order valence-corrected chi connectivity index (χ4v) is 3.62. The first-order valence-electron chi connectivity index (χ1n) is 8.24. The van der Waals surface area contributed by atoms with Crippen LogP contribution in [0.1, 0.15) is 12.5 Å². The summed E-state index contributed by atoms with van der Waals surface area (Å²) >= 11 is 1.13. The second-order valence-electron chi connectivity index (χ2n) is 5.49. The summed E-state index contributed by atoms with van der Waals surface area (Å²) in [6.45, 7) is 2.43. The predicted molar refractivity (Wildman–Crippen MR) is 105 cm³/mol. The first-order valence-corrected chi connectivity index (χ1v) is 9.06. The van der Waals surface area contributed by atoms with Gasteiger partial charge in [0.25, 0.3) is 5.56 Å². The zero-order valence-corrected chi connectivity index (χ0v) is 15.4. The molecule has 0 saturated heterocycles. The molecular weight excluding hydrogens is 358 g/mol. The highest BCUT2D eigenvalue weighted by Crippen LogP contribution is 2.13. The number of hydrogen-bond acceptors (Lipinski definition) is 5. The molecule has 0 amide bonds. The number of hydrogen-bond donors (Lipinski definition) is 0. The lowest BCUT2D eigenvalue weighted by atomic mass is 10.2. The minimum Gasteiger partial charge on any atom is -0.494 e. The van der Waals surface area contributed by atoms with Crippen LogP contribution in [-0.2, 0) is 0 Å². The third kappa shape index (κ3) is 3.82. The van der Waals surface area contributed by atoms with Crippen molar-refractivity contribution in [2.75, 3.05) is 6.61 Å². The second kappa shape index (κ2) is 8.18. The van der Waals surface area contributed by atoms with Gasteiger partial charge >= 0.3 is 0 Å². The maximum Gasteiger partial charge on any atom is 0.273 e. The van der Waals surface area contributed by atoms with Gasteiger partial charge in [-0.1, -0.05) is 30.3 Å². The Morgan fingerprint density at radius 1 is 1.11 bits per heavy atom. The molecule has 0 atom stereocenters. The smallest absolute Gasteiger partial charge is 0.273 e. The van der Waals surface area contributed by atoms with E-state index in [1.807, 2.05) is 49.4 Å². The van der Waals surface area contributed by atoms with Crippen LogP contribution in [0.2, 0.25) is 0 Å². The van der Waals surface area contributed by atoms with Gasteiger partial charge in [-0.15, -0.1) is 11.3 Å². The quantitative estimate of drug-likeness (QED) is 0.703. The summed E-state index contributed by atoms with van der Waals surface area (Å²) in [6, 6.07) is 20.2. The average molecular weight is 373 g/mol. The summed E-state index contributed by atoms with van der Waals surface area (Å²) in [5, 5.41) is 18.6. The highest BCUT2D eigenvalue weighted by Gasteiger charge is 2.11. The van der Waals surface area contributed by atoms with Crippen LogP contribution in [-0.4, -0.2) is 11.2 Å². The zero-order valence-electron chi connectivity index (χ0n) is 14.5. The molecule has 0 N–H and O–H groups in total. The first kappa shape index (κ1) is 18.2. The molecule has 2 aromatic carbocycles. The van der Waals surface area contributed by atoms with Gasteiger partial charge in [-0.2, -0.15) is 10.5 Å². The largest absolute Gasteiger partial charge is 0.494 e. The summed E-state index contributed by atoms with van der Waals surface area (Å²) in [5.41, 5.74) is 1.08. The number of thiazole rings is 1. The van der Waals surface area contributed by atoms with Crippen LogP contribution in [0.3, 0.4) is 0 Å². The van der Waals surface area contributed by atoms with E-state index in [-0.39, 0.29) is 11.1 Å². The number of nitrogens with zero attached hydrogens (tertiary/aromatic N) is 3. The molecule has 0 spiro atoms. The zero-order chi connectivity index (χ0) is 19.2. The molecular formula is C21H15N3O2S. The van der Waals surface area contributed by atoms with Gasteiger partial charge in [0.05, 0.1) is 16.8 Å². The average Bonchev–Trinajstić information content (AvgIpc) is 3.01. The second-order valence-corrected chi connectivity index (χ2v) is 6.52. The van der Waals surface area contributed by atoms with E-state index in [1.54, 1.807) is 30.3 Å². The first-order chi connectivity index (χ1) is 13.2. The summed E-state index contributed by atoms with van der Waals surface area (Å²) in [5.74, 6) is 0.687. The van der Waals surface area contributed by atoms with E-state index in [9.17, 15) is 15.3 Å². The van der Waals surface area contributed by atoms with Gasteiger partial charge in [0, 0.05) is 0 Å². The van der Waals surface area contributed by atoms with E-state index in [2.05, 4.69) is 0 Å². The molecule has 0 radical (unpaired) electrons. The van der Waals surface area contributed by atoms with Crippen molar-refractivity contribution in [3.8, 4) is 23.6 Å². The highest BCUT2D eigenvalue weighted by molar-refractivity contribution is 7.07. The standard InChI is InChI=1S/C21H15N3O2S/c1-2-26-18-10-8-17(9-11-18)24-20(25)19(12-15-6-4-3-5-7-15)27-21(24)16(13-22)14-23/h3-12H,2H2,1H3/b19-12+. The van der Waals surface area contributed by atoms with Crippen molar-refractivity contribution in [2.24, 2.45) is 0 Å². The molecule has 5 nitrogen and oxygen atoms in total. The SMILES string of the molecule is CCOc1ccc(-n2c(=C(C#N)C#N)s/c(=C/c3ccccc3)c2=O)cc1. The van der Waals surface area contributed by atoms with Crippen molar-refractivity contribution < 1.29 is 4.74 Å². The number of benzene rings is 2. The molecule has 0 aliphatic carbocycles. The Labute approximate surface area is 159 Å². The molecule has 132 valence electrons. The topological polar surface area (TPSA) is 78.8 Å². The van der Waals surface area contributed by atoms with Crippen molar-refractivity contribution in [3.63, 3.8) is 0 Å². The minimum atomic E-state index is -0.272. The summed E-state index contributed by atoms with van der Waals surface area (Å²) in [4.78, 5) is 13.0. The molecule has 1 aromatic heterocycles. The molecule has 0 bridgehead atoms. The van der Waals surface area contributed by atoms with E-state index in [4.69, 9.17) is 4.74 Å². The molecule has 0 aliphatic heterocycles. The molecule has 0 unspecified atom stereocenters. The van der Waals surface area contributed by atoms with Crippen LogP contribution in [0.15, 0.2) is 59.4 Å². The lowest BCUT2D eigenvalue weighted by Gasteiger charge is -2.05. The summed E-state index contributed by atoms with van der Waals surface area (Å²) in [6.07, 6.45) is 1.76. The normalized spacial score (nSPS) is 10.9. The molecule has 0 saturated carbocycles. The van der Waals surface area contributed by atoms with Gasteiger partial charge in [-0.05, 0) is 42.8 Å². The van der Waals surface area contributed by atoms with Crippen molar-refractivity contribution in [1.29, 1.82) is 10.5 Å². The predicted octanol–water partition coefficient (Wildman–Crippen LogP) is 2.32. The Bertz CT molecular complexity index is 1190. The number of nitriles is 2. The van der Waals surface area contributed by atoms with Gasteiger partial charge in [-0.25, -0.2) is 0 Å². The van der Waals surface area contributed by atoms with Crippen LogP contribution >= 0.6 is 11.3 Å². The van der Waals surface area contributed by atoms with E-state index >= 15 is 0 Å². The van der Waals surface area contributed by atoms with E-state index in [0.717, 1.165) is 16.9 Å². The Balaban J connectivity index is 2.29. The van der Waals surface area contributed by atoms with Gasteiger partial charge in [0.15, 0.2) is 5.57 Å². The van der Waals surface area contributed by atoms with E-state index in [0.29, 0.717) is 27.2 Å². The van der Waals surface area contributed by atoms with Crippen LogP contribution in [0.25, 0.3) is 17.3 Å². The third-order valence-corrected chi connectivity index (χ3v) is 4.86. The number of ether oxygens (including phenoxy) is 1. The molecule has 1 heterocycles. The van der Waals surface area contributed by atoms with Crippen LogP contribution in [0, 0.1) is 22.7 Å². The molecule has 3 aromatic rings.